The van der Waals surface area contributed by atoms with Crippen LogP contribution < -0.4 is 5.73 Å². The summed E-state index contributed by atoms with van der Waals surface area (Å²) in [5.74, 6) is 1.64. The maximum absolute atomic E-state index is 5.89. The minimum atomic E-state index is 0.787. The largest absolute Gasteiger partial charge is 0.330 e. The topological polar surface area (TPSA) is 29.3 Å². The second-order valence-corrected chi connectivity index (χ2v) is 6.73. The Bertz CT molecular complexity index is 217. The van der Waals surface area contributed by atoms with E-state index in [0.29, 0.717) is 0 Å². The molecule has 0 aromatic heterocycles. The molecule has 0 aromatic carbocycles. The van der Waals surface area contributed by atoms with Crippen molar-refractivity contribution in [1.29, 1.82) is 0 Å². The highest BCUT2D eigenvalue weighted by Gasteiger charge is 2.26. The lowest BCUT2D eigenvalue weighted by Crippen LogP contribution is -2.43. The number of nitrogens with two attached hydrogens (primary N) is 1. The van der Waals surface area contributed by atoms with E-state index in [1.54, 1.807) is 0 Å². The SMILES string of the molecule is CCCCCCCCCCN1CCC(CN)C(CC)C1. The van der Waals surface area contributed by atoms with Gasteiger partial charge in [-0.05, 0) is 44.3 Å². The Morgan fingerprint density at radius 2 is 1.55 bits per heavy atom. The minimum Gasteiger partial charge on any atom is -0.330 e. The Kier molecular flexibility index (Phi) is 10.4. The van der Waals surface area contributed by atoms with Gasteiger partial charge in [0.05, 0.1) is 0 Å². The third kappa shape index (κ3) is 7.08. The lowest BCUT2D eigenvalue weighted by Gasteiger charge is -2.37. The summed E-state index contributed by atoms with van der Waals surface area (Å²) in [6, 6.07) is 0. The van der Waals surface area contributed by atoms with Gasteiger partial charge in [-0.15, -0.1) is 0 Å². The van der Waals surface area contributed by atoms with Gasteiger partial charge in [0.15, 0.2) is 0 Å². The van der Waals surface area contributed by atoms with Crippen molar-refractivity contribution in [3.63, 3.8) is 0 Å². The molecule has 0 aliphatic carbocycles. The van der Waals surface area contributed by atoms with Gasteiger partial charge in [0.1, 0.15) is 0 Å². The number of rotatable bonds is 11. The first kappa shape index (κ1) is 18.0. The second kappa shape index (κ2) is 11.6. The average molecular weight is 283 g/mol. The Labute approximate surface area is 127 Å². The zero-order valence-electron chi connectivity index (χ0n) is 14.1. The molecule has 2 nitrogen and oxygen atoms in total. The van der Waals surface area contributed by atoms with Gasteiger partial charge in [-0.2, -0.15) is 0 Å². The van der Waals surface area contributed by atoms with E-state index < -0.39 is 0 Å². The summed E-state index contributed by atoms with van der Waals surface area (Å²) in [5.41, 5.74) is 5.89. The second-order valence-electron chi connectivity index (χ2n) is 6.73. The molecule has 1 aliphatic rings. The summed E-state index contributed by atoms with van der Waals surface area (Å²) in [6.45, 7) is 9.42. The molecule has 0 saturated carbocycles. The van der Waals surface area contributed by atoms with Gasteiger partial charge in [-0.1, -0.05) is 65.2 Å². The lowest BCUT2D eigenvalue weighted by atomic mass is 9.84. The molecule has 0 amide bonds. The van der Waals surface area contributed by atoms with Crippen LogP contribution in [0.4, 0.5) is 0 Å². The first-order valence-corrected chi connectivity index (χ1v) is 9.24. The Morgan fingerprint density at radius 3 is 2.15 bits per heavy atom. The number of likely N-dealkylation sites (tertiary alicyclic amines) is 1. The van der Waals surface area contributed by atoms with Gasteiger partial charge < -0.3 is 10.6 Å². The van der Waals surface area contributed by atoms with Crippen LogP contribution in [0.1, 0.15) is 78.1 Å². The van der Waals surface area contributed by atoms with Crippen LogP contribution in [-0.2, 0) is 0 Å². The first-order valence-electron chi connectivity index (χ1n) is 9.24. The number of hydrogen-bond acceptors (Lipinski definition) is 2. The van der Waals surface area contributed by atoms with Crippen molar-refractivity contribution >= 4 is 0 Å². The van der Waals surface area contributed by atoms with Crippen LogP contribution in [0.5, 0.6) is 0 Å². The van der Waals surface area contributed by atoms with E-state index in [2.05, 4.69) is 18.7 Å². The Hall–Kier alpha value is -0.0800. The molecule has 2 unspecified atom stereocenters. The molecule has 1 heterocycles. The highest BCUT2D eigenvalue weighted by atomic mass is 15.1. The lowest BCUT2D eigenvalue weighted by molar-refractivity contribution is 0.118. The molecule has 120 valence electrons. The predicted octanol–water partition coefficient (Wildman–Crippen LogP) is 4.43. The van der Waals surface area contributed by atoms with E-state index in [1.165, 1.54) is 83.8 Å². The van der Waals surface area contributed by atoms with E-state index in [4.69, 9.17) is 5.73 Å². The van der Waals surface area contributed by atoms with Gasteiger partial charge in [0, 0.05) is 6.54 Å². The summed E-state index contributed by atoms with van der Waals surface area (Å²) in [7, 11) is 0. The number of piperidine rings is 1. The molecule has 1 fully saturated rings. The smallest absolute Gasteiger partial charge is 0.00127 e. The highest BCUT2D eigenvalue weighted by Crippen LogP contribution is 2.25. The van der Waals surface area contributed by atoms with Crippen LogP contribution in [-0.4, -0.2) is 31.1 Å². The van der Waals surface area contributed by atoms with E-state index in [9.17, 15) is 0 Å². The fourth-order valence-corrected chi connectivity index (χ4v) is 3.60. The van der Waals surface area contributed by atoms with Crippen LogP contribution >= 0.6 is 0 Å². The van der Waals surface area contributed by atoms with Crippen molar-refractivity contribution in [2.45, 2.75) is 78.1 Å². The number of unbranched alkanes of at least 4 members (excludes halogenated alkanes) is 7. The fourth-order valence-electron chi connectivity index (χ4n) is 3.60. The monoisotopic (exact) mass is 282 g/mol. The number of nitrogens with zero attached hydrogens (tertiary/aromatic N) is 1. The maximum Gasteiger partial charge on any atom is 0.00127 e. The summed E-state index contributed by atoms with van der Waals surface area (Å²) in [4.78, 5) is 2.69. The van der Waals surface area contributed by atoms with Crippen molar-refractivity contribution in [1.82, 2.24) is 4.90 Å². The summed E-state index contributed by atoms with van der Waals surface area (Å²) >= 11 is 0. The molecule has 2 heteroatoms. The van der Waals surface area contributed by atoms with Crippen LogP contribution in [0.15, 0.2) is 0 Å². The van der Waals surface area contributed by atoms with Gasteiger partial charge in [0.25, 0.3) is 0 Å². The summed E-state index contributed by atoms with van der Waals surface area (Å²) < 4.78 is 0. The van der Waals surface area contributed by atoms with Gasteiger partial charge in [-0.3, -0.25) is 0 Å². The molecule has 2 atom stereocenters. The minimum absolute atomic E-state index is 0.787. The van der Waals surface area contributed by atoms with Crippen LogP contribution in [0, 0.1) is 11.8 Å². The molecular formula is C18H38N2. The molecule has 20 heavy (non-hydrogen) atoms. The zero-order valence-corrected chi connectivity index (χ0v) is 14.1. The molecule has 0 radical (unpaired) electrons. The van der Waals surface area contributed by atoms with Crippen LogP contribution in [0.3, 0.4) is 0 Å². The van der Waals surface area contributed by atoms with Crippen molar-refractivity contribution < 1.29 is 0 Å². The normalized spacial score (nSPS) is 24.1. The van der Waals surface area contributed by atoms with Crippen LogP contribution in [0.2, 0.25) is 0 Å². The fraction of sp³-hybridized carbons (Fsp3) is 1.00. The molecule has 0 bridgehead atoms. The third-order valence-corrected chi connectivity index (χ3v) is 5.13. The van der Waals surface area contributed by atoms with E-state index in [1.807, 2.05) is 0 Å². The molecule has 1 rings (SSSR count). The van der Waals surface area contributed by atoms with E-state index >= 15 is 0 Å². The molecule has 0 spiro atoms. The van der Waals surface area contributed by atoms with Gasteiger partial charge in [-0.25, -0.2) is 0 Å². The molecule has 1 aliphatic heterocycles. The third-order valence-electron chi connectivity index (χ3n) is 5.13. The van der Waals surface area contributed by atoms with Crippen molar-refractivity contribution in [3.8, 4) is 0 Å². The molecular weight excluding hydrogens is 244 g/mol. The van der Waals surface area contributed by atoms with Crippen molar-refractivity contribution in [2.75, 3.05) is 26.2 Å². The Balaban J connectivity index is 1.99. The standard InChI is InChI=1S/C18H38N2/c1-3-5-6-7-8-9-10-11-13-20-14-12-18(15-19)17(4-2)16-20/h17-18H,3-16,19H2,1-2H3. The summed E-state index contributed by atoms with van der Waals surface area (Å²) in [6.07, 6.45) is 14.0. The van der Waals surface area contributed by atoms with Crippen LogP contribution in [0.25, 0.3) is 0 Å². The quantitative estimate of drug-likeness (QED) is 0.568. The first-order chi connectivity index (χ1) is 9.81. The average Bonchev–Trinajstić information content (AvgIpc) is 2.49. The van der Waals surface area contributed by atoms with Gasteiger partial charge in [0.2, 0.25) is 0 Å². The molecule has 2 N–H and O–H groups in total. The predicted molar refractivity (Wildman–Crippen MR) is 90.0 cm³/mol. The van der Waals surface area contributed by atoms with Crippen molar-refractivity contribution in [3.05, 3.63) is 0 Å². The van der Waals surface area contributed by atoms with E-state index in [0.717, 1.165) is 18.4 Å². The van der Waals surface area contributed by atoms with E-state index in [-0.39, 0.29) is 0 Å². The zero-order chi connectivity index (χ0) is 14.6. The number of hydrogen-bond donors (Lipinski definition) is 1. The molecule has 0 aromatic rings. The van der Waals surface area contributed by atoms with Crippen molar-refractivity contribution in [2.24, 2.45) is 17.6 Å². The maximum atomic E-state index is 5.89. The highest BCUT2D eigenvalue weighted by molar-refractivity contribution is 4.80. The summed E-state index contributed by atoms with van der Waals surface area (Å²) in [5, 5.41) is 0. The van der Waals surface area contributed by atoms with Gasteiger partial charge >= 0.3 is 0 Å². The Morgan fingerprint density at radius 1 is 0.900 bits per heavy atom. The molecule has 1 saturated heterocycles.